The molecule has 0 heterocycles. The molecule has 0 unspecified atom stereocenters. The Morgan fingerprint density at radius 1 is 0.947 bits per heavy atom. The summed E-state index contributed by atoms with van der Waals surface area (Å²) in [6, 6.07) is 10.3. The van der Waals surface area contributed by atoms with Gasteiger partial charge in [0.25, 0.3) is 0 Å². The second-order valence-corrected chi connectivity index (χ2v) is 4.00. The number of allylic oxidation sites excluding steroid dienone is 1. The maximum atomic E-state index is 11.8. The Hall–Kier alpha value is -2.75. The van der Waals surface area contributed by atoms with Crippen molar-refractivity contribution in [2.75, 3.05) is 0 Å². The van der Waals surface area contributed by atoms with Crippen LogP contribution in [0, 0.1) is 0 Å². The van der Waals surface area contributed by atoms with E-state index in [1.165, 1.54) is 36.4 Å². The van der Waals surface area contributed by atoms with Gasteiger partial charge in [-0.15, -0.1) is 0 Å². The van der Waals surface area contributed by atoms with Gasteiger partial charge in [-0.3, -0.25) is 4.79 Å². The van der Waals surface area contributed by atoms with E-state index in [2.05, 4.69) is 0 Å². The number of carbonyl (C=O) groups excluding carboxylic acids is 1. The summed E-state index contributed by atoms with van der Waals surface area (Å²) in [4.78, 5) is 11.8. The van der Waals surface area contributed by atoms with Crippen molar-refractivity contribution in [3.8, 4) is 17.2 Å². The SMILES string of the molecule is O=C(C=Cc1ccc(O)c(O)c1)c1cccc(O)c1. The highest BCUT2D eigenvalue weighted by Gasteiger charge is 2.03. The molecule has 0 saturated carbocycles. The van der Waals surface area contributed by atoms with Gasteiger partial charge in [0.1, 0.15) is 5.75 Å². The standard InChI is InChI=1S/C15H12O4/c16-12-3-1-2-11(9-12)13(17)6-4-10-5-7-14(18)15(19)8-10/h1-9,16,18-19H. The Morgan fingerprint density at radius 2 is 1.74 bits per heavy atom. The number of benzene rings is 2. The largest absolute Gasteiger partial charge is 0.508 e. The maximum absolute atomic E-state index is 11.8. The molecule has 4 heteroatoms. The highest BCUT2D eigenvalue weighted by atomic mass is 16.3. The molecule has 4 nitrogen and oxygen atoms in total. The highest BCUT2D eigenvalue weighted by molar-refractivity contribution is 6.07. The van der Waals surface area contributed by atoms with Crippen LogP contribution >= 0.6 is 0 Å². The molecule has 2 rings (SSSR count). The van der Waals surface area contributed by atoms with Gasteiger partial charge in [0, 0.05) is 5.56 Å². The van der Waals surface area contributed by atoms with Crippen LogP contribution < -0.4 is 0 Å². The van der Waals surface area contributed by atoms with E-state index >= 15 is 0 Å². The summed E-state index contributed by atoms with van der Waals surface area (Å²) < 4.78 is 0. The average molecular weight is 256 g/mol. The van der Waals surface area contributed by atoms with E-state index in [0.717, 1.165) is 0 Å². The van der Waals surface area contributed by atoms with E-state index in [-0.39, 0.29) is 23.0 Å². The first-order chi connectivity index (χ1) is 9.06. The van der Waals surface area contributed by atoms with Gasteiger partial charge in [0.05, 0.1) is 0 Å². The van der Waals surface area contributed by atoms with Crippen molar-refractivity contribution in [3.05, 3.63) is 59.7 Å². The summed E-state index contributed by atoms with van der Waals surface area (Å²) in [6.07, 6.45) is 2.85. The Morgan fingerprint density at radius 3 is 2.42 bits per heavy atom. The molecule has 0 fully saturated rings. The number of rotatable bonds is 3. The lowest BCUT2D eigenvalue weighted by atomic mass is 10.1. The van der Waals surface area contributed by atoms with Crippen molar-refractivity contribution in [3.63, 3.8) is 0 Å². The molecule has 0 atom stereocenters. The van der Waals surface area contributed by atoms with Crippen molar-refractivity contribution in [2.24, 2.45) is 0 Å². The number of aromatic hydroxyl groups is 3. The molecule has 0 aromatic heterocycles. The number of phenols is 3. The summed E-state index contributed by atoms with van der Waals surface area (Å²) in [6.45, 7) is 0. The zero-order chi connectivity index (χ0) is 13.8. The van der Waals surface area contributed by atoms with E-state index in [1.807, 2.05) is 0 Å². The van der Waals surface area contributed by atoms with Crippen LogP contribution in [0.4, 0.5) is 0 Å². The number of ketones is 1. The lowest BCUT2D eigenvalue weighted by molar-refractivity contribution is 0.104. The van der Waals surface area contributed by atoms with Crippen LogP contribution in [0.25, 0.3) is 6.08 Å². The predicted molar refractivity (Wildman–Crippen MR) is 71.2 cm³/mol. The van der Waals surface area contributed by atoms with Crippen LogP contribution in [0.2, 0.25) is 0 Å². The van der Waals surface area contributed by atoms with Gasteiger partial charge < -0.3 is 15.3 Å². The molecule has 2 aromatic rings. The Bertz CT molecular complexity index is 644. The fourth-order valence-corrected chi connectivity index (χ4v) is 1.57. The topological polar surface area (TPSA) is 77.8 Å². The predicted octanol–water partition coefficient (Wildman–Crippen LogP) is 2.70. The summed E-state index contributed by atoms with van der Waals surface area (Å²) in [7, 11) is 0. The van der Waals surface area contributed by atoms with Crippen molar-refractivity contribution in [1.29, 1.82) is 0 Å². The van der Waals surface area contributed by atoms with E-state index in [1.54, 1.807) is 18.2 Å². The molecule has 19 heavy (non-hydrogen) atoms. The maximum Gasteiger partial charge on any atom is 0.185 e. The molecular weight excluding hydrogens is 244 g/mol. The summed E-state index contributed by atoms with van der Waals surface area (Å²) in [5.41, 5.74) is 0.961. The molecular formula is C15H12O4. The van der Waals surface area contributed by atoms with Gasteiger partial charge in [-0.05, 0) is 35.9 Å². The molecule has 0 amide bonds. The van der Waals surface area contributed by atoms with E-state index < -0.39 is 0 Å². The third-order valence-corrected chi connectivity index (χ3v) is 2.56. The second kappa shape index (κ2) is 5.27. The molecule has 0 aliphatic heterocycles. The van der Waals surface area contributed by atoms with Crippen molar-refractivity contribution in [1.82, 2.24) is 0 Å². The first-order valence-electron chi connectivity index (χ1n) is 5.60. The molecule has 96 valence electrons. The average Bonchev–Trinajstić information content (AvgIpc) is 2.40. The fourth-order valence-electron chi connectivity index (χ4n) is 1.57. The number of hydrogen-bond acceptors (Lipinski definition) is 4. The first-order valence-corrected chi connectivity index (χ1v) is 5.60. The van der Waals surface area contributed by atoms with Crippen molar-refractivity contribution in [2.45, 2.75) is 0 Å². The number of phenolic OH excluding ortho intramolecular Hbond substituents is 3. The van der Waals surface area contributed by atoms with E-state index in [0.29, 0.717) is 11.1 Å². The summed E-state index contributed by atoms with van der Waals surface area (Å²) >= 11 is 0. The lowest BCUT2D eigenvalue weighted by Crippen LogP contribution is -1.93. The molecule has 0 aliphatic carbocycles. The minimum absolute atomic E-state index is 0.0292. The Labute approximate surface area is 109 Å². The zero-order valence-corrected chi connectivity index (χ0v) is 9.95. The number of carbonyl (C=O) groups is 1. The zero-order valence-electron chi connectivity index (χ0n) is 9.95. The lowest BCUT2D eigenvalue weighted by Gasteiger charge is -1.99. The molecule has 3 N–H and O–H groups in total. The van der Waals surface area contributed by atoms with Gasteiger partial charge in [-0.1, -0.05) is 24.3 Å². The molecule has 0 aliphatic rings. The highest BCUT2D eigenvalue weighted by Crippen LogP contribution is 2.25. The fraction of sp³-hybridized carbons (Fsp3) is 0. The smallest absolute Gasteiger partial charge is 0.185 e. The first kappa shape index (κ1) is 12.7. The summed E-state index contributed by atoms with van der Waals surface area (Å²) in [5.74, 6) is -0.687. The van der Waals surface area contributed by atoms with Gasteiger partial charge >= 0.3 is 0 Å². The third-order valence-electron chi connectivity index (χ3n) is 2.56. The number of hydrogen-bond donors (Lipinski definition) is 3. The Kier molecular flexibility index (Phi) is 3.52. The molecule has 0 bridgehead atoms. The van der Waals surface area contributed by atoms with Gasteiger partial charge in [-0.2, -0.15) is 0 Å². The summed E-state index contributed by atoms with van der Waals surface area (Å²) in [5, 5.41) is 27.8. The van der Waals surface area contributed by atoms with Crippen molar-refractivity contribution < 1.29 is 20.1 Å². The van der Waals surface area contributed by atoms with Crippen LogP contribution in [0.3, 0.4) is 0 Å². The van der Waals surface area contributed by atoms with Crippen LogP contribution in [0.1, 0.15) is 15.9 Å². The van der Waals surface area contributed by atoms with E-state index in [4.69, 9.17) is 5.11 Å². The van der Waals surface area contributed by atoms with Crippen LogP contribution in [-0.2, 0) is 0 Å². The minimum Gasteiger partial charge on any atom is -0.508 e. The molecule has 0 spiro atoms. The quantitative estimate of drug-likeness (QED) is 0.448. The molecule has 2 aromatic carbocycles. The van der Waals surface area contributed by atoms with Gasteiger partial charge in [0.2, 0.25) is 0 Å². The molecule has 0 saturated heterocycles. The second-order valence-electron chi connectivity index (χ2n) is 4.00. The Balaban J connectivity index is 2.18. The van der Waals surface area contributed by atoms with Gasteiger partial charge in [0.15, 0.2) is 17.3 Å². The third kappa shape index (κ3) is 3.13. The van der Waals surface area contributed by atoms with Crippen LogP contribution in [0.15, 0.2) is 48.5 Å². The minimum atomic E-state index is -0.261. The van der Waals surface area contributed by atoms with E-state index in [9.17, 15) is 15.0 Å². The normalized spacial score (nSPS) is 10.7. The van der Waals surface area contributed by atoms with Crippen LogP contribution in [-0.4, -0.2) is 21.1 Å². The molecule has 0 radical (unpaired) electrons. The van der Waals surface area contributed by atoms with Gasteiger partial charge in [-0.25, -0.2) is 0 Å². The van der Waals surface area contributed by atoms with Crippen LogP contribution in [0.5, 0.6) is 17.2 Å². The monoisotopic (exact) mass is 256 g/mol. The van der Waals surface area contributed by atoms with Crippen molar-refractivity contribution >= 4 is 11.9 Å².